The lowest BCUT2D eigenvalue weighted by Gasteiger charge is -2.17. The number of aryl methyl sites for hydroxylation is 1. The number of rotatable bonds is 7. The van der Waals surface area contributed by atoms with Gasteiger partial charge in [-0.2, -0.15) is 11.8 Å². The summed E-state index contributed by atoms with van der Waals surface area (Å²) in [6.45, 7) is 3.73. The fraction of sp³-hybridized carbons (Fsp3) is 0.333. The van der Waals surface area contributed by atoms with E-state index in [9.17, 15) is 4.79 Å². The van der Waals surface area contributed by atoms with Crippen LogP contribution < -0.4 is 15.5 Å². The maximum Gasteiger partial charge on any atom is 0.227 e. The van der Waals surface area contributed by atoms with Gasteiger partial charge in [-0.3, -0.25) is 4.79 Å². The summed E-state index contributed by atoms with van der Waals surface area (Å²) in [7, 11) is 0. The number of nitrogens with one attached hydrogen (secondary N) is 2. The third-order valence-corrected chi connectivity index (χ3v) is 5.65. The number of anilines is 2. The van der Waals surface area contributed by atoms with Gasteiger partial charge >= 0.3 is 0 Å². The summed E-state index contributed by atoms with van der Waals surface area (Å²) in [5.41, 5.74) is 4.49. The van der Waals surface area contributed by atoms with Crippen LogP contribution in [0.25, 0.3) is 0 Å². The van der Waals surface area contributed by atoms with E-state index in [4.69, 9.17) is 12.2 Å². The lowest BCUT2D eigenvalue weighted by Crippen LogP contribution is -2.30. The molecule has 4 nitrogen and oxygen atoms in total. The number of thiocarbonyl (C=S) groups is 1. The third kappa shape index (κ3) is 5.97. The molecule has 27 heavy (non-hydrogen) atoms. The van der Waals surface area contributed by atoms with Crippen molar-refractivity contribution in [2.45, 2.75) is 25.5 Å². The highest BCUT2D eigenvalue weighted by Gasteiger charge is 2.21. The van der Waals surface area contributed by atoms with Crippen LogP contribution in [0.2, 0.25) is 0 Å². The number of amides is 1. The van der Waals surface area contributed by atoms with E-state index in [0.717, 1.165) is 42.4 Å². The standard InChI is InChI=1S/C21H25N3OS2/c1-16-5-2-6-17(13-16)15-27-12-10-22-21(26)23-18-7-3-8-19(14-18)24-11-4-9-20(24)25/h2-3,5-8,13-14H,4,9-12,15H2,1H3,(H2,22,23,26). The van der Waals surface area contributed by atoms with E-state index in [0.29, 0.717) is 11.5 Å². The van der Waals surface area contributed by atoms with Gasteiger partial charge in [0.05, 0.1) is 0 Å². The van der Waals surface area contributed by atoms with Gasteiger partial charge in [0, 0.05) is 42.4 Å². The van der Waals surface area contributed by atoms with Crippen molar-refractivity contribution in [2.24, 2.45) is 0 Å². The summed E-state index contributed by atoms with van der Waals surface area (Å²) in [5.74, 6) is 2.19. The van der Waals surface area contributed by atoms with Crippen molar-refractivity contribution in [1.82, 2.24) is 5.32 Å². The first-order valence-electron chi connectivity index (χ1n) is 9.20. The second-order valence-corrected chi connectivity index (χ2v) is 8.14. The molecule has 142 valence electrons. The monoisotopic (exact) mass is 399 g/mol. The number of benzene rings is 2. The normalized spacial score (nSPS) is 13.7. The largest absolute Gasteiger partial charge is 0.362 e. The van der Waals surface area contributed by atoms with Crippen molar-refractivity contribution >= 4 is 46.4 Å². The Morgan fingerprint density at radius 2 is 2.07 bits per heavy atom. The van der Waals surface area contributed by atoms with E-state index in [1.54, 1.807) is 0 Å². The summed E-state index contributed by atoms with van der Waals surface area (Å²) in [6, 6.07) is 16.5. The minimum atomic E-state index is 0.193. The molecule has 2 aromatic rings. The summed E-state index contributed by atoms with van der Waals surface area (Å²) in [5, 5.41) is 7.06. The van der Waals surface area contributed by atoms with Gasteiger partial charge in [0.15, 0.2) is 5.11 Å². The predicted molar refractivity (Wildman–Crippen MR) is 120 cm³/mol. The molecule has 6 heteroatoms. The molecule has 2 aromatic carbocycles. The van der Waals surface area contributed by atoms with Gasteiger partial charge in [0.25, 0.3) is 0 Å². The summed E-state index contributed by atoms with van der Waals surface area (Å²) < 4.78 is 0. The Morgan fingerprint density at radius 3 is 2.85 bits per heavy atom. The van der Waals surface area contributed by atoms with E-state index in [2.05, 4.69) is 41.8 Å². The Morgan fingerprint density at radius 1 is 1.22 bits per heavy atom. The summed E-state index contributed by atoms with van der Waals surface area (Å²) >= 11 is 7.27. The highest BCUT2D eigenvalue weighted by atomic mass is 32.2. The minimum absolute atomic E-state index is 0.193. The fourth-order valence-electron chi connectivity index (χ4n) is 3.08. The van der Waals surface area contributed by atoms with Gasteiger partial charge in [-0.1, -0.05) is 35.9 Å². The lowest BCUT2D eigenvalue weighted by molar-refractivity contribution is -0.117. The molecule has 1 aliphatic heterocycles. The van der Waals surface area contributed by atoms with Crippen LogP contribution in [0.1, 0.15) is 24.0 Å². The molecule has 0 radical (unpaired) electrons. The Bertz CT molecular complexity index is 810. The zero-order valence-corrected chi connectivity index (χ0v) is 17.2. The molecule has 1 amide bonds. The number of hydrogen-bond donors (Lipinski definition) is 2. The number of hydrogen-bond acceptors (Lipinski definition) is 3. The molecule has 0 bridgehead atoms. The fourth-order valence-corrected chi connectivity index (χ4v) is 4.10. The Balaban J connectivity index is 1.40. The first kappa shape index (κ1) is 19.7. The molecule has 0 saturated carbocycles. The predicted octanol–water partition coefficient (Wildman–Crippen LogP) is 4.34. The molecule has 0 unspecified atom stereocenters. The van der Waals surface area contributed by atoms with Crippen molar-refractivity contribution < 1.29 is 4.79 Å². The first-order valence-corrected chi connectivity index (χ1v) is 10.8. The molecule has 1 aliphatic rings. The van der Waals surface area contributed by atoms with Crippen LogP contribution in [-0.2, 0) is 10.5 Å². The highest BCUT2D eigenvalue weighted by Crippen LogP contribution is 2.24. The molecule has 0 aromatic heterocycles. The van der Waals surface area contributed by atoms with Crippen molar-refractivity contribution in [3.05, 3.63) is 59.7 Å². The van der Waals surface area contributed by atoms with Crippen LogP contribution in [0, 0.1) is 6.92 Å². The summed E-state index contributed by atoms with van der Waals surface area (Å²) in [4.78, 5) is 13.7. The molecule has 0 aliphatic carbocycles. The maximum absolute atomic E-state index is 11.9. The molecule has 0 atom stereocenters. The van der Waals surface area contributed by atoms with E-state index in [1.165, 1.54) is 11.1 Å². The molecule has 1 heterocycles. The lowest BCUT2D eigenvalue weighted by atomic mass is 10.2. The van der Waals surface area contributed by atoms with Crippen molar-refractivity contribution in [3.8, 4) is 0 Å². The van der Waals surface area contributed by atoms with Crippen molar-refractivity contribution in [2.75, 3.05) is 29.1 Å². The third-order valence-electron chi connectivity index (χ3n) is 4.37. The Labute approximate surface area is 170 Å². The molecular formula is C21H25N3OS2. The average Bonchev–Trinajstić information content (AvgIpc) is 3.08. The van der Waals surface area contributed by atoms with E-state index in [-0.39, 0.29) is 5.91 Å². The first-order chi connectivity index (χ1) is 13.1. The SMILES string of the molecule is Cc1cccc(CSCCNC(=S)Nc2cccc(N3CCCC3=O)c2)c1. The van der Waals surface area contributed by atoms with Crippen molar-refractivity contribution in [1.29, 1.82) is 0 Å². The highest BCUT2D eigenvalue weighted by molar-refractivity contribution is 7.98. The van der Waals surface area contributed by atoms with Crippen LogP contribution in [0.15, 0.2) is 48.5 Å². The number of carbonyl (C=O) groups is 1. The summed E-state index contributed by atoms with van der Waals surface area (Å²) in [6.07, 6.45) is 1.56. The molecule has 1 fully saturated rings. The Kier molecular flexibility index (Phi) is 7.12. The molecule has 0 spiro atoms. The molecule has 3 rings (SSSR count). The topological polar surface area (TPSA) is 44.4 Å². The molecular weight excluding hydrogens is 374 g/mol. The maximum atomic E-state index is 11.9. The smallest absolute Gasteiger partial charge is 0.227 e. The number of thioether (sulfide) groups is 1. The van der Waals surface area contributed by atoms with E-state index in [1.807, 2.05) is 40.9 Å². The Hall–Kier alpha value is -2.05. The zero-order valence-electron chi connectivity index (χ0n) is 15.5. The van der Waals surface area contributed by atoms with E-state index >= 15 is 0 Å². The van der Waals surface area contributed by atoms with Gasteiger partial charge in [-0.15, -0.1) is 0 Å². The van der Waals surface area contributed by atoms with Gasteiger partial charge in [-0.05, 0) is 49.3 Å². The second-order valence-electron chi connectivity index (χ2n) is 6.62. The zero-order chi connectivity index (χ0) is 19.1. The van der Waals surface area contributed by atoms with Crippen LogP contribution in [0.4, 0.5) is 11.4 Å². The van der Waals surface area contributed by atoms with Crippen LogP contribution in [0.3, 0.4) is 0 Å². The quantitative estimate of drug-likeness (QED) is 0.536. The van der Waals surface area contributed by atoms with Crippen LogP contribution >= 0.6 is 24.0 Å². The van der Waals surface area contributed by atoms with Crippen molar-refractivity contribution in [3.63, 3.8) is 0 Å². The average molecular weight is 400 g/mol. The van der Waals surface area contributed by atoms with Gasteiger partial charge in [0.2, 0.25) is 5.91 Å². The number of nitrogens with zero attached hydrogens (tertiary/aromatic N) is 1. The second kappa shape index (κ2) is 9.76. The van der Waals surface area contributed by atoms with Crippen LogP contribution in [0.5, 0.6) is 0 Å². The molecule has 1 saturated heterocycles. The number of carbonyl (C=O) groups excluding carboxylic acids is 1. The van der Waals surface area contributed by atoms with Gasteiger partial charge < -0.3 is 15.5 Å². The van der Waals surface area contributed by atoms with Gasteiger partial charge in [0.1, 0.15) is 0 Å². The minimum Gasteiger partial charge on any atom is -0.362 e. The molecule has 2 N–H and O–H groups in total. The van der Waals surface area contributed by atoms with Gasteiger partial charge in [-0.25, -0.2) is 0 Å². The van der Waals surface area contributed by atoms with E-state index < -0.39 is 0 Å². The van der Waals surface area contributed by atoms with Crippen LogP contribution in [-0.4, -0.2) is 29.9 Å².